The lowest BCUT2D eigenvalue weighted by Crippen LogP contribution is -2.26. The summed E-state index contributed by atoms with van der Waals surface area (Å²) < 4.78 is 3.36. The van der Waals surface area contributed by atoms with Gasteiger partial charge < -0.3 is 15.0 Å². The Morgan fingerprint density at radius 2 is 1.69 bits per heavy atom. The van der Waals surface area contributed by atoms with Crippen molar-refractivity contribution in [2.24, 2.45) is 7.05 Å². The molecule has 2 aromatic carbocycles. The van der Waals surface area contributed by atoms with Gasteiger partial charge in [-0.1, -0.05) is 60.7 Å². The van der Waals surface area contributed by atoms with Gasteiger partial charge >= 0.3 is 0 Å². The van der Waals surface area contributed by atoms with Crippen molar-refractivity contribution >= 4 is 17.1 Å². The number of imidazole rings is 1. The summed E-state index contributed by atoms with van der Waals surface area (Å²) in [6.45, 7) is 2.30. The maximum Gasteiger partial charge on any atom is 0.280 e. The molecule has 4 aromatic rings. The zero-order valence-electron chi connectivity index (χ0n) is 16.4. The Kier molecular flexibility index (Phi) is 5.14. The molecular formula is C22H23N5O2. The summed E-state index contributed by atoms with van der Waals surface area (Å²) in [5.41, 5.74) is 2.69. The average molecular weight is 389 g/mol. The van der Waals surface area contributed by atoms with Crippen molar-refractivity contribution in [3.8, 4) is 0 Å². The number of fused-ring (bicyclic) bond motifs is 1. The first-order valence-corrected chi connectivity index (χ1v) is 9.48. The molecular weight excluding hydrogens is 366 g/mol. The summed E-state index contributed by atoms with van der Waals surface area (Å²) in [6.07, 6.45) is 0. The third-order valence-corrected chi connectivity index (χ3v) is 5.05. The first-order chi connectivity index (χ1) is 14.1. The van der Waals surface area contributed by atoms with E-state index in [-0.39, 0.29) is 18.2 Å². The Balaban J connectivity index is 1.75. The van der Waals surface area contributed by atoms with Crippen LogP contribution in [0.15, 0.2) is 65.5 Å². The summed E-state index contributed by atoms with van der Waals surface area (Å²) >= 11 is 0. The first kappa shape index (κ1) is 18.9. The molecule has 29 heavy (non-hydrogen) atoms. The smallest absolute Gasteiger partial charge is 0.280 e. The molecule has 7 nitrogen and oxygen atoms in total. The molecule has 2 heterocycles. The van der Waals surface area contributed by atoms with Gasteiger partial charge in [-0.3, -0.25) is 9.36 Å². The fourth-order valence-corrected chi connectivity index (χ4v) is 3.43. The van der Waals surface area contributed by atoms with E-state index in [9.17, 15) is 9.90 Å². The normalized spacial score (nSPS) is 12.2. The van der Waals surface area contributed by atoms with Crippen LogP contribution in [-0.4, -0.2) is 30.8 Å². The SMILES string of the molecule is Cc1nc2nc(N[C@@H](CO)c3ccccc3)n(C)c(=O)c2n1Cc1ccccc1. The zero-order valence-corrected chi connectivity index (χ0v) is 16.4. The van der Waals surface area contributed by atoms with Gasteiger partial charge in [-0.2, -0.15) is 4.98 Å². The van der Waals surface area contributed by atoms with E-state index in [4.69, 9.17) is 0 Å². The van der Waals surface area contributed by atoms with Crippen LogP contribution in [0.4, 0.5) is 5.95 Å². The fourth-order valence-electron chi connectivity index (χ4n) is 3.43. The Bertz CT molecular complexity index is 1180. The van der Waals surface area contributed by atoms with Crippen LogP contribution in [0.2, 0.25) is 0 Å². The largest absolute Gasteiger partial charge is 0.394 e. The van der Waals surface area contributed by atoms with Crippen LogP contribution >= 0.6 is 0 Å². The molecule has 0 saturated heterocycles. The monoisotopic (exact) mass is 389 g/mol. The summed E-state index contributed by atoms with van der Waals surface area (Å²) in [4.78, 5) is 22.2. The van der Waals surface area contributed by atoms with Crippen LogP contribution in [0.3, 0.4) is 0 Å². The lowest BCUT2D eigenvalue weighted by atomic mass is 10.1. The minimum Gasteiger partial charge on any atom is -0.394 e. The van der Waals surface area contributed by atoms with E-state index in [1.807, 2.05) is 72.2 Å². The lowest BCUT2D eigenvalue weighted by Gasteiger charge is -2.19. The molecule has 0 fully saturated rings. The van der Waals surface area contributed by atoms with Gasteiger partial charge in [0.1, 0.15) is 5.82 Å². The van der Waals surface area contributed by atoms with Crippen molar-refractivity contribution in [2.45, 2.75) is 19.5 Å². The molecule has 0 radical (unpaired) electrons. The second-order valence-electron chi connectivity index (χ2n) is 6.99. The summed E-state index contributed by atoms with van der Waals surface area (Å²) in [7, 11) is 1.67. The molecule has 148 valence electrons. The predicted octanol–water partition coefficient (Wildman–Crippen LogP) is 2.63. The Hall–Kier alpha value is -3.45. The van der Waals surface area contributed by atoms with Crippen LogP contribution < -0.4 is 10.9 Å². The van der Waals surface area contributed by atoms with Gasteiger partial charge in [0.15, 0.2) is 11.2 Å². The third-order valence-electron chi connectivity index (χ3n) is 5.05. The second-order valence-corrected chi connectivity index (χ2v) is 6.99. The van der Waals surface area contributed by atoms with Crippen molar-refractivity contribution < 1.29 is 5.11 Å². The maximum absolute atomic E-state index is 13.1. The van der Waals surface area contributed by atoms with Crippen LogP contribution in [0, 0.1) is 6.92 Å². The third kappa shape index (κ3) is 3.64. The number of anilines is 1. The van der Waals surface area contributed by atoms with Crippen molar-refractivity contribution in [1.82, 2.24) is 19.1 Å². The number of nitrogens with one attached hydrogen (secondary N) is 1. The molecule has 0 saturated carbocycles. The molecule has 7 heteroatoms. The fraction of sp³-hybridized carbons (Fsp3) is 0.227. The van der Waals surface area contributed by atoms with Gasteiger partial charge in [-0.05, 0) is 18.1 Å². The molecule has 0 bridgehead atoms. The Morgan fingerprint density at radius 3 is 2.34 bits per heavy atom. The highest BCUT2D eigenvalue weighted by molar-refractivity contribution is 5.72. The topological polar surface area (TPSA) is 85.0 Å². The molecule has 0 aliphatic rings. The minimum absolute atomic E-state index is 0.126. The van der Waals surface area contributed by atoms with Gasteiger partial charge in [0.05, 0.1) is 12.6 Å². The molecule has 2 aromatic heterocycles. The van der Waals surface area contributed by atoms with Crippen molar-refractivity contribution in [3.63, 3.8) is 0 Å². The number of benzene rings is 2. The minimum atomic E-state index is -0.376. The molecule has 0 aliphatic heterocycles. The average Bonchev–Trinajstić information content (AvgIpc) is 3.06. The number of nitrogens with zero attached hydrogens (tertiary/aromatic N) is 4. The highest BCUT2D eigenvalue weighted by Crippen LogP contribution is 2.19. The van der Waals surface area contributed by atoms with Gasteiger partial charge in [0.2, 0.25) is 5.95 Å². The molecule has 0 spiro atoms. The lowest BCUT2D eigenvalue weighted by molar-refractivity contribution is 0.275. The number of aliphatic hydroxyl groups excluding tert-OH is 1. The quantitative estimate of drug-likeness (QED) is 0.530. The Morgan fingerprint density at radius 1 is 1.03 bits per heavy atom. The van der Waals surface area contributed by atoms with Crippen molar-refractivity contribution in [3.05, 3.63) is 88.0 Å². The predicted molar refractivity (Wildman–Crippen MR) is 113 cm³/mol. The zero-order chi connectivity index (χ0) is 20.4. The molecule has 0 amide bonds. The number of aryl methyl sites for hydroxylation is 1. The van der Waals surface area contributed by atoms with Gasteiger partial charge in [0.25, 0.3) is 5.56 Å². The van der Waals surface area contributed by atoms with Crippen LogP contribution in [0.25, 0.3) is 11.2 Å². The van der Waals surface area contributed by atoms with E-state index in [0.29, 0.717) is 23.7 Å². The number of aromatic nitrogens is 4. The van der Waals surface area contributed by atoms with Gasteiger partial charge in [-0.25, -0.2) is 4.98 Å². The van der Waals surface area contributed by atoms with Crippen LogP contribution in [0.5, 0.6) is 0 Å². The standard InChI is InChI=1S/C22H23N5O2/c1-15-23-20-19(27(15)13-16-9-5-3-6-10-16)21(29)26(2)22(25-20)24-18(14-28)17-11-7-4-8-12-17/h3-12,18,28H,13-14H2,1-2H3,(H,24,25)/t18-/m0/s1. The van der Waals surface area contributed by atoms with Crippen molar-refractivity contribution in [2.75, 3.05) is 11.9 Å². The van der Waals surface area contributed by atoms with E-state index >= 15 is 0 Å². The summed E-state index contributed by atoms with van der Waals surface area (Å²) in [6, 6.07) is 19.1. The highest BCUT2D eigenvalue weighted by Gasteiger charge is 2.19. The first-order valence-electron chi connectivity index (χ1n) is 9.48. The number of hydrogen-bond donors (Lipinski definition) is 2. The van der Waals surface area contributed by atoms with Gasteiger partial charge in [0, 0.05) is 13.6 Å². The summed E-state index contributed by atoms with van der Waals surface area (Å²) in [5, 5.41) is 13.0. The molecule has 4 rings (SSSR count). The molecule has 2 N–H and O–H groups in total. The van der Waals surface area contributed by atoms with E-state index in [2.05, 4.69) is 15.3 Å². The van der Waals surface area contributed by atoms with Crippen LogP contribution in [0.1, 0.15) is 23.0 Å². The van der Waals surface area contributed by atoms with E-state index in [0.717, 1.165) is 17.0 Å². The number of aliphatic hydroxyl groups is 1. The summed E-state index contributed by atoms with van der Waals surface area (Å²) in [5.74, 6) is 1.10. The van der Waals surface area contributed by atoms with E-state index in [1.54, 1.807) is 7.05 Å². The van der Waals surface area contributed by atoms with Crippen LogP contribution in [-0.2, 0) is 13.6 Å². The molecule has 1 atom stereocenters. The van der Waals surface area contributed by atoms with E-state index < -0.39 is 0 Å². The van der Waals surface area contributed by atoms with Gasteiger partial charge in [-0.15, -0.1) is 0 Å². The maximum atomic E-state index is 13.1. The number of hydrogen-bond acceptors (Lipinski definition) is 5. The van der Waals surface area contributed by atoms with Crippen molar-refractivity contribution in [1.29, 1.82) is 0 Å². The molecule has 0 aliphatic carbocycles. The molecule has 0 unspecified atom stereocenters. The number of rotatable bonds is 6. The Labute approximate surface area is 168 Å². The van der Waals surface area contributed by atoms with E-state index in [1.165, 1.54) is 4.57 Å². The second kappa shape index (κ2) is 7.89. The highest BCUT2D eigenvalue weighted by atomic mass is 16.3.